The highest BCUT2D eigenvalue weighted by Gasteiger charge is 2.47. The first-order chi connectivity index (χ1) is 26.6. The zero-order valence-electron chi connectivity index (χ0n) is 31.4. The van der Waals surface area contributed by atoms with Gasteiger partial charge in [0.15, 0.2) is 0 Å². The Balaban J connectivity index is 1.48. The van der Waals surface area contributed by atoms with Gasteiger partial charge in [-0.3, -0.25) is 39.8 Å². The van der Waals surface area contributed by atoms with Crippen LogP contribution in [0.15, 0.2) is 67.0 Å². The zero-order valence-corrected chi connectivity index (χ0v) is 31.4. The van der Waals surface area contributed by atoms with E-state index in [2.05, 4.69) is 36.8 Å². The van der Waals surface area contributed by atoms with Crippen molar-refractivity contribution in [3.05, 3.63) is 101 Å². The number of alkyl halides is 3. The van der Waals surface area contributed by atoms with E-state index in [4.69, 9.17) is 0 Å². The van der Waals surface area contributed by atoms with Crippen LogP contribution in [0.4, 0.5) is 17.6 Å². The standard InChI is InChI=1S/C40H45F4N7O5/c1-5-22(3)32(47-31(52)20-25-10-7-8-13-29(25)41)36(54)49-39(17-14-30-27(21-39)26-11-9-12-28(34(26)46-30)40(42,43)44)38(56)48-33(23(4)6-2)37(55)51-50-35(53)24-15-18-45-19-16-24/h7-13,15-16,18-19,22-23,32-33,46H,5-6,14,17,20-21H2,1-4H3,(H,47,52)(H,48,56)(H,49,54)(H,50,53)(H,51,55)/t22?,23-,32-,33?,39?/m0/s1. The summed E-state index contributed by atoms with van der Waals surface area (Å²) < 4.78 is 56.6. The molecular weight excluding hydrogens is 734 g/mol. The van der Waals surface area contributed by atoms with E-state index in [1.54, 1.807) is 33.8 Å². The molecule has 3 unspecified atom stereocenters. The Kier molecular flexibility index (Phi) is 12.8. The van der Waals surface area contributed by atoms with Crippen LogP contribution in [0.5, 0.6) is 0 Å². The quantitative estimate of drug-likeness (QED) is 0.0838. The molecule has 0 radical (unpaired) electrons. The summed E-state index contributed by atoms with van der Waals surface area (Å²) in [6.45, 7) is 7.03. The summed E-state index contributed by atoms with van der Waals surface area (Å²) in [5.74, 6) is -5.12. The third-order valence-corrected chi connectivity index (χ3v) is 10.6. The molecule has 2 heterocycles. The average Bonchev–Trinajstić information content (AvgIpc) is 3.55. The molecule has 2 aromatic carbocycles. The van der Waals surface area contributed by atoms with Crippen LogP contribution in [0.1, 0.15) is 79.7 Å². The number of carbonyl (C=O) groups excluding carboxylic acids is 5. The van der Waals surface area contributed by atoms with Crippen LogP contribution in [-0.4, -0.2) is 57.1 Å². The van der Waals surface area contributed by atoms with Crippen molar-refractivity contribution < 1.29 is 41.5 Å². The fourth-order valence-electron chi connectivity index (χ4n) is 6.87. The molecule has 0 aliphatic heterocycles. The summed E-state index contributed by atoms with van der Waals surface area (Å²) in [4.78, 5) is 75.2. The lowest BCUT2D eigenvalue weighted by Crippen LogP contribution is -2.67. The number of halogens is 4. The van der Waals surface area contributed by atoms with E-state index >= 15 is 0 Å². The molecule has 0 bridgehead atoms. The first-order valence-electron chi connectivity index (χ1n) is 18.4. The smallest absolute Gasteiger partial charge is 0.358 e. The Labute approximate surface area is 321 Å². The number of hydrogen-bond donors (Lipinski definition) is 6. The fraction of sp³-hybridized carbons (Fsp3) is 0.400. The van der Waals surface area contributed by atoms with Crippen molar-refractivity contribution in [3.63, 3.8) is 0 Å². The number of rotatable bonds is 13. The van der Waals surface area contributed by atoms with Crippen LogP contribution < -0.4 is 26.8 Å². The molecule has 2 aromatic heterocycles. The maximum absolute atomic E-state index is 14.7. The van der Waals surface area contributed by atoms with E-state index in [9.17, 15) is 41.5 Å². The number of para-hydroxylation sites is 1. The van der Waals surface area contributed by atoms with Gasteiger partial charge in [-0.05, 0) is 60.1 Å². The topological polar surface area (TPSA) is 174 Å². The minimum Gasteiger partial charge on any atom is -0.358 e. The second-order valence-electron chi connectivity index (χ2n) is 14.3. The summed E-state index contributed by atoms with van der Waals surface area (Å²) in [6, 6.07) is 9.91. The third-order valence-electron chi connectivity index (χ3n) is 10.6. The monoisotopic (exact) mass is 779 g/mol. The summed E-state index contributed by atoms with van der Waals surface area (Å²) >= 11 is 0. The third kappa shape index (κ3) is 9.17. The highest BCUT2D eigenvalue weighted by molar-refractivity contribution is 6.00. The Morgan fingerprint density at radius 3 is 2.16 bits per heavy atom. The lowest BCUT2D eigenvalue weighted by atomic mass is 9.78. The van der Waals surface area contributed by atoms with Gasteiger partial charge in [0.25, 0.3) is 11.8 Å². The van der Waals surface area contributed by atoms with Gasteiger partial charge in [0, 0.05) is 35.5 Å². The van der Waals surface area contributed by atoms with Gasteiger partial charge >= 0.3 is 6.18 Å². The first-order valence-corrected chi connectivity index (χ1v) is 18.4. The lowest BCUT2D eigenvalue weighted by molar-refractivity contribution is -0.139. The number of pyridine rings is 1. The van der Waals surface area contributed by atoms with Crippen molar-refractivity contribution in [1.29, 1.82) is 0 Å². The SMILES string of the molecule is CCC(C)[C@H](NC(=O)Cc1ccccc1F)C(=O)NC1(C(=O)NC(C(=O)NNC(=O)c2ccncc2)[C@@H](C)CC)CCc2[nH]c3c(C(F)(F)F)cccc3c2C1. The molecular formula is C40H45F4N7O5. The van der Waals surface area contributed by atoms with Gasteiger partial charge in [0.05, 0.1) is 17.5 Å². The largest absolute Gasteiger partial charge is 0.418 e. The van der Waals surface area contributed by atoms with Crippen molar-refractivity contribution in [2.75, 3.05) is 0 Å². The Bertz CT molecular complexity index is 2090. The molecule has 1 aliphatic rings. The van der Waals surface area contributed by atoms with Crippen LogP contribution in [0.25, 0.3) is 10.9 Å². The molecule has 56 heavy (non-hydrogen) atoms. The number of amides is 5. The van der Waals surface area contributed by atoms with E-state index in [1.807, 2.05) is 0 Å². The van der Waals surface area contributed by atoms with Gasteiger partial charge in [0.1, 0.15) is 23.4 Å². The molecule has 1 aliphatic carbocycles. The number of hydrogen-bond acceptors (Lipinski definition) is 6. The van der Waals surface area contributed by atoms with Crippen LogP contribution in [0.2, 0.25) is 0 Å². The predicted octanol–water partition coefficient (Wildman–Crippen LogP) is 4.83. The summed E-state index contributed by atoms with van der Waals surface area (Å²) in [7, 11) is 0. The zero-order chi connectivity index (χ0) is 40.8. The van der Waals surface area contributed by atoms with Gasteiger partial charge in [-0.25, -0.2) is 4.39 Å². The van der Waals surface area contributed by atoms with Gasteiger partial charge in [-0.1, -0.05) is 70.9 Å². The number of aromatic nitrogens is 2. The molecule has 16 heteroatoms. The van der Waals surface area contributed by atoms with Crippen molar-refractivity contribution in [2.45, 2.75) is 90.0 Å². The molecule has 0 fully saturated rings. The number of nitrogens with one attached hydrogen (secondary N) is 6. The van der Waals surface area contributed by atoms with Crippen molar-refractivity contribution in [2.24, 2.45) is 11.8 Å². The molecule has 12 nitrogen and oxygen atoms in total. The minimum atomic E-state index is -4.68. The fourth-order valence-corrected chi connectivity index (χ4v) is 6.87. The second kappa shape index (κ2) is 17.3. The molecule has 0 saturated carbocycles. The highest BCUT2D eigenvalue weighted by atomic mass is 19.4. The normalized spacial score (nSPS) is 17.4. The Morgan fingerprint density at radius 2 is 1.52 bits per heavy atom. The number of benzene rings is 2. The van der Waals surface area contributed by atoms with Gasteiger partial charge in [-0.15, -0.1) is 0 Å². The Morgan fingerprint density at radius 1 is 0.857 bits per heavy atom. The molecule has 298 valence electrons. The van der Waals surface area contributed by atoms with E-state index in [-0.39, 0.29) is 47.7 Å². The molecule has 4 aromatic rings. The van der Waals surface area contributed by atoms with Gasteiger partial charge in [-0.2, -0.15) is 13.2 Å². The molecule has 0 spiro atoms. The highest BCUT2D eigenvalue weighted by Crippen LogP contribution is 2.40. The first kappa shape index (κ1) is 41.4. The van der Waals surface area contributed by atoms with Gasteiger partial charge < -0.3 is 20.9 Å². The summed E-state index contributed by atoms with van der Waals surface area (Å²) in [5.41, 5.74) is 2.99. The van der Waals surface area contributed by atoms with Gasteiger partial charge in [0.2, 0.25) is 17.7 Å². The molecule has 5 rings (SSSR count). The molecule has 6 N–H and O–H groups in total. The maximum Gasteiger partial charge on any atom is 0.418 e. The van der Waals surface area contributed by atoms with E-state index in [0.717, 1.165) is 6.07 Å². The van der Waals surface area contributed by atoms with Crippen LogP contribution in [0.3, 0.4) is 0 Å². The van der Waals surface area contributed by atoms with E-state index < -0.39 is 76.6 Å². The number of aryl methyl sites for hydroxylation is 1. The lowest BCUT2D eigenvalue weighted by Gasteiger charge is -2.39. The number of nitrogens with zero attached hydrogens (tertiary/aromatic N) is 1. The summed E-state index contributed by atoms with van der Waals surface area (Å²) in [5, 5.41) is 8.54. The Hall–Kier alpha value is -5.80. The molecule has 5 amide bonds. The number of aromatic amines is 1. The maximum atomic E-state index is 14.7. The van der Waals surface area contributed by atoms with Crippen molar-refractivity contribution in [1.82, 2.24) is 36.8 Å². The van der Waals surface area contributed by atoms with E-state index in [1.165, 1.54) is 54.9 Å². The molecule has 0 saturated heterocycles. The number of H-pyrrole nitrogens is 1. The number of carbonyl (C=O) groups is 5. The van der Waals surface area contributed by atoms with Crippen LogP contribution >= 0.6 is 0 Å². The number of hydrazine groups is 1. The number of fused-ring (bicyclic) bond motifs is 3. The average molecular weight is 780 g/mol. The van der Waals surface area contributed by atoms with Crippen molar-refractivity contribution >= 4 is 40.4 Å². The second-order valence-corrected chi connectivity index (χ2v) is 14.3. The molecule has 5 atom stereocenters. The van der Waals surface area contributed by atoms with Crippen LogP contribution in [-0.2, 0) is 44.6 Å². The summed E-state index contributed by atoms with van der Waals surface area (Å²) in [6.07, 6.45) is -1.70. The van der Waals surface area contributed by atoms with Crippen molar-refractivity contribution in [3.8, 4) is 0 Å². The van der Waals surface area contributed by atoms with E-state index in [0.29, 0.717) is 24.1 Å². The predicted molar refractivity (Wildman–Crippen MR) is 199 cm³/mol. The van der Waals surface area contributed by atoms with Crippen LogP contribution in [0, 0.1) is 17.7 Å². The minimum absolute atomic E-state index is 0.0465.